The van der Waals surface area contributed by atoms with Crippen molar-refractivity contribution in [1.29, 1.82) is 0 Å². The van der Waals surface area contributed by atoms with Crippen molar-refractivity contribution in [2.45, 2.75) is 43.9 Å². The van der Waals surface area contributed by atoms with Crippen LogP contribution in [0.4, 0.5) is 24.8 Å². The zero-order valence-corrected chi connectivity index (χ0v) is 15.2. The maximum atomic E-state index is 13.6. The summed E-state index contributed by atoms with van der Waals surface area (Å²) in [5.74, 6) is -0.559. The molecule has 1 fully saturated rings. The minimum atomic E-state index is -4.98. The van der Waals surface area contributed by atoms with E-state index in [9.17, 15) is 23.1 Å². The van der Waals surface area contributed by atoms with Gasteiger partial charge in [-0.3, -0.25) is 9.89 Å². The fraction of sp³-hybridized carbons (Fsp3) is 0.500. The van der Waals surface area contributed by atoms with Crippen molar-refractivity contribution >= 4 is 17.5 Å². The van der Waals surface area contributed by atoms with E-state index >= 15 is 0 Å². The molecule has 10 heteroatoms. The molecule has 2 aliphatic rings. The van der Waals surface area contributed by atoms with Crippen LogP contribution in [0, 0.1) is 6.92 Å². The topological polar surface area (TPSA) is 94.1 Å². The van der Waals surface area contributed by atoms with E-state index in [4.69, 9.17) is 0 Å². The first-order chi connectivity index (χ1) is 13.2. The average molecular weight is 395 g/mol. The molecule has 0 radical (unpaired) electrons. The Hall–Kier alpha value is -2.62. The Morgan fingerprint density at radius 1 is 1.29 bits per heavy atom. The summed E-state index contributed by atoms with van der Waals surface area (Å²) >= 11 is 0. The van der Waals surface area contributed by atoms with Gasteiger partial charge in [0, 0.05) is 30.9 Å². The van der Waals surface area contributed by atoms with Crippen LogP contribution in [0.15, 0.2) is 18.3 Å². The van der Waals surface area contributed by atoms with Gasteiger partial charge in [0.1, 0.15) is 5.82 Å². The predicted molar refractivity (Wildman–Crippen MR) is 94.9 cm³/mol. The van der Waals surface area contributed by atoms with E-state index in [0.29, 0.717) is 25.9 Å². The standard InChI is InChI=1S/C18H20F3N5O2/c1-10-2-3-12(22-9-10)26-6-4-11(5-7-26)15-14-16(25-24-15)23-13(27)8-17(14,28)18(19,20)21/h2-3,9,11,28H,4-8H2,1H3,(H2,23,24,25,27). The summed E-state index contributed by atoms with van der Waals surface area (Å²) in [6.45, 7) is 3.18. The third-order valence-electron chi connectivity index (χ3n) is 5.47. The molecular formula is C18H20F3N5O2. The predicted octanol–water partition coefficient (Wildman–Crippen LogP) is 2.59. The van der Waals surface area contributed by atoms with Crippen molar-refractivity contribution in [2.24, 2.45) is 0 Å². The zero-order valence-electron chi connectivity index (χ0n) is 15.2. The Bertz CT molecular complexity index is 888. The fourth-order valence-electron chi connectivity index (χ4n) is 3.94. The van der Waals surface area contributed by atoms with Crippen molar-refractivity contribution < 1.29 is 23.1 Å². The summed E-state index contributed by atoms with van der Waals surface area (Å²) in [6.07, 6.45) is -3.12. The van der Waals surface area contributed by atoms with Gasteiger partial charge in [-0.25, -0.2) is 4.98 Å². The number of nitrogens with one attached hydrogen (secondary N) is 2. The van der Waals surface area contributed by atoms with Crippen LogP contribution >= 0.6 is 0 Å². The number of carbonyl (C=O) groups is 1. The number of carbonyl (C=O) groups excluding carboxylic acids is 1. The maximum Gasteiger partial charge on any atom is 0.422 e. The molecule has 7 nitrogen and oxygen atoms in total. The molecule has 3 N–H and O–H groups in total. The first-order valence-electron chi connectivity index (χ1n) is 9.04. The normalized spacial score (nSPS) is 23.5. The van der Waals surface area contributed by atoms with Crippen LogP contribution < -0.4 is 10.2 Å². The minimum Gasteiger partial charge on any atom is -0.376 e. The molecule has 2 aliphatic heterocycles. The van der Waals surface area contributed by atoms with Crippen LogP contribution in [0.5, 0.6) is 0 Å². The largest absolute Gasteiger partial charge is 0.422 e. The number of amides is 1. The quantitative estimate of drug-likeness (QED) is 0.727. The number of halogens is 3. The summed E-state index contributed by atoms with van der Waals surface area (Å²) in [6, 6.07) is 3.89. The van der Waals surface area contributed by atoms with E-state index in [2.05, 4.69) is 25.4 Å². The van der Waals surface area contributed by atoms with E-state index in [1.165, 1.54) is 0 Å². The molecule has 2 aromatic heterocycles. The lowest BCUT2D eigenvalue weighted by molar-refractivity contribution is -0.267. The number of aryl methyl sites for hydroxylation is 1. The number of piperidine rings is 1. The number of aliphatic hydroxyl groups is 1. The Labute approximate surface area is 159 Å². The van der Waals surface area contributed by atoms with Crippen molar-refractivity contribution in [3.63, 3.8) is 0 Å². The van der Waals surface area contributed by atoms with Crippen LogP contribution in [-0.4, -0.2) is 45.5 Å². The third kappa shape index (κ3) is 3.01. The number of anilines is 2. The number of aromatic amines is 1. The highest BCUT2D eigenvalue weighted by Gasteiger charge is 2.61. The second-order valence-corrected chi connectivity index (χ2v) is 7.40. The van der Waals surface area contributed by atoms with E-state index in [1.54, 1.807) is 6.20 Å². The number of pyridine rings is 1. The Morgan fingerprint density at radius 3 is 2.61 bits per heavy atom. The van der Waals surface area contributed by atoms with Crippen LogP contribution in [0.1, 0.15) is 42.0 Å². The molecule has 1 unspecified atom stereocenters. The molecule has 0 aromatic carbocycles. The summed E-state index contributed by atoms with van der Waals surface area (Å²) in [5.41, 5.74) is -2.29. The molecule has 1 saturated heterocycles. The molecule has 0 spiro atoms. The van der Waals surface area contributed by atoms with Crippen LogP contribution in [-0.2, 0) is 10.4 Å². The third-order valence-corrected chi connectivity index (χ3v) is 5.47. The lowest BCUT2D eigenvalue weighted by Gasteiger charge is -2.37. The van der Waals surface area contributed by atoms with Crippen molar-refractivity contribution in [1.82, 2.24) is 15.2 Å². The summed E-state index contributed by atoms with van der Waals surface area (Å²) in [4.78, 5) is 18.1. The lowest BCUT2D eigenvalue weighted by Crippen LogP contribution is -2.48. The molecule has 1 atom stereocenters. The highest BCUT2D eigenvalue weighted by atomic mass is 19.4. The number of hydrogen-bond donors (Lipinski definition) is 3. The van der Waals surface area contributed by atoms with Gasteiger partial charge in [-0.05, 0) is 31.4 Å². The van der Waals surface area contributed by atoms with Gasteiger partial charge in [-0.15, -0.1) is 0 Å². The van der Waals surface area contributed by atoms with Gasteiger partial charge < -0.3 is 15.3 Å². The Kier molecular flexibility index (Phi) is 4.33. The fourth-order valence-corrected chi connectivity index (χ4v) is 3.94. The zero-order chi connectivity index (χ0) is 20.1. The number of rotatable bonds is 2. The number of alkyl halides is 3. The van der Waals surface area contributed by atoms with E-state index < -0.39 is 24.1 Å². The van der Waals surface area contributed by atoms with Gasteiger partial charge >= 0.3 is 6.18 Å². The molecule has 0 aliphatic carbocycles. The molecule has 4 heterocycles. The van der Waals surface area contributed by atoms with Crippen LogP contribution in [0.2, 0.25) is 0 Å². The molecule has 0 bridgehead atoms. The van der Waals surface area contributed by atoms with Crippen molar-refractivity contribution in [3.05, 3.63) is 35.2 Å². The second kappa shape index (κ2) is 6.47. The number of aromatic nitrogens is 3. The smallest absolute Gasteiger partial charge is 0.376 e. The SMILES string of the molecule is Cc1ccc(N2CCC(c3[nH]nc4c3C(O)(C(F)(F)F)CC(=O)N4)CC2)nc1. The van der Waals surface area contributed by atoms with Gasteiger partial charge in [-0.1, -0.05) is 6.07 Å². The number of nitrogens with zero attached hydrogens (tertiary/aromatic N) is 3. The molecule has 2 aromatic rings. The number of H-pyrrole nitrogens is 1. The molecule has 150 valence electrons. The molecule has 28 heavy (non-hydrogen) atoms. The van der Waals surface area contributed by atoms with Gasteiger partial charge in [0.25, 0.3) is 0 Å². The molecular weight excluding hydrogens is 375 g/mol. The summed E-state index contributed by atoms with van der Waals surface area (Å²) < 4.78 is 40.9. The van der Waals surface area contributed by atoms with E-state index in [0.717, 1.165) is 11.4 Å². The first kappa shape index (κ1) is 18.7. The van der Waals surface area contributed by atoms with E-state index in [-0.39, 0.29) is 23.0 Å². The summed E-state index contributed by atoms with van der Waals surface area (Å²) in [7, 11) is 0. The maximum absolute atomic E-state index is 13.6. The molecule has 1 amide bonds. The van der Waals surface area contributed by atoms with Crippen LogP contribution in [0.25, 0.3) is 0 Å². The molecule has 0 saturated carbocycles. The first-order valence-corrected chi connectivity index (χ1v) is 9.04. The second-order valence-electron chi connectivity index (χ2n) is 7.40. The summed E-state index contributed by atoms with van der Waals surface area (Å²) in [5, 5.41) is 19.2. The highest BCUT2D eigenvalue weighted by molar-refractivity contribution is 5.94. The average Bonchev–Trinajstić information content (AvgIpc) is 3.06. The van der Waals surface area contributed by atoms with E-state index in [1.807, 2.05) is 19.1 Å². The Morgan fingerprint density at radius 2 is 2.00 bits per heavy atom. The minimum absolute atomic E-state index is 0.234. The van der Waals surface area contributed by atoms with Crippen molar-refractivity contribution in [2.75, 3.05) is 23.3 Å². The van der Waals surface area contributed by atoms with Gasteiger partial charge in [0.2, 0.25) is 5.91 Å². The monoisotopic (exact) mass is 395 g/mol. The highest BCUT2D eigenvalue weighted by Crippen LogP contribution is 2.49. The lowest BCUT2D eigenvalue weighted by atomic mass is 9.81. The van der Waals surface area contributed by atoms with Gasteiger partial charge in [0.15, 0.2) is 11.4 Å². The Balaban J connectivity index is 1.59. The molecule has 4 rings (SSSR count). The van der Waals surface area contributed by atoms with Gasteiger partial charge in [0.05, 0.1) is 12.0 Å². The van der Waals surface area contributed by atoms with Crippen molar-refractivity contribution in [3.8, 4) is 0 Å². The van der Waals surface area contributed by atoms with Crippen LogP contribution in [0.3, 0.4) is 0 Å². The van der Waals surface area contributed by atoms with Gasteiger partial charge in [-0.2, -0.15) is 18.3 Å². The number of fused-ring (bicyclic) bond motifs is 1. The number of hydrogen-bond acceptors (Lipinski definition) is 5.